The molecule has 0 N–H and O–H groups in total. The second-order valence-electron chi connectivity index (χ2n) is 7.70. The van der Waals surface area contributed by atoms with Gasteiger partial charge in [-0.2, -0.15) is 0 Å². The predicted molar refractivity (Wildman–Crippen MR) is 77.6 cm³/mol. The first-order chi connectivity index (χ1) is 7.62. The maximum Gasteiger partial charge on any atom is 0.123 e. The molecule has 0 bridgehead atoms. The molecule has 0 amide bonds. The molecule has 0 aromatic rings. The molecule has 18 heavy (non-hydrogen) atoms. The fourth-order valence-electron chi connectivity index (χ4n) is 1.88. The molecule has 0 saturated heterocycles. The van der Waals surface area contributed by atoms with Gasteiger partial charge < -0.3 is 9.47 Å². The standard InChI is InChI=1S/C16H30O2/c1-13(2,3)17-15(7,8)11-12-16(9,10)18-14(4,5)6/h1-10H3. The average Bonchev–Trinajstić information content (AvgIpc) is 1.91. The van der Waals surface area contributed by atoms with E-state index in [1.54, 1.807) is 0 Å². The summed E-state index contributed by atoms with van der Waals surface area (Å²) in [7, 11) is 0. The van der Waals surface area contributed by atoms with Gasteiger partial charge in [-0.25, -0.2) is 0 Å². The highest BCUT2D eigenvalue weighted by molar-refractivity contribution is 5.19. The summed E-state index contributed by atoms with van der Waals surface area (Å²) in [6.07, 6.45) is 0. The van der Waals surface area contributed by atoms with Crippen LogP contribution in [-0.4, -0.2) is 22.4 Å². The number of hydrogen-bond donors (Lipinski definition) is 0. The van der Waals surface area contributed by atoms with E-state index < -0.39 is 11.2 Å². The molecule has 0 aromatic heterocycles. The Morgan fingerprint density at radius 2 is 0.722 bits per heavy atom. The summed E-state index contributed by atoms with van der Waals surface area (Å²) in [5, 5.41) is 0. The lowest BCUT2D eigenvalue weighted by atomic mass is 10.0. The van der Waals surface area contributed by atoms with E-state index in [0.717, 1.165) is 0 Å². The van der Waals surface area contributed by atoms with Gasteiger partial charge in [0.2, 0.25) is 0 Å². The van der Waals surface area contributed by atoms with Crippen molar-refractivity contribution < 1.29 is 9.47 Å². The predicted octanol–water partition coefficient (Wildman–Crippen LogP) is 4.18. The fourth-order valence-corrected chi connectivity index (χ4v) is 1.88. The molecule has 0 aliphatic carbocycles. The smallest absolute Gasteiger partial charge is 0.123 e. The molecule has 0 aliphatic rings. The van der Waals surface area contributed by atoms with Crippen molar-refractivity contribution in [1.29, 1.82) is 0 Å². The lowest BCUT2D eigenvalue weighted by molar-refractivity contribution is -0.0868. The zero-order valence-corrected chi connectivity index (χ0v) is 13.8. The van der Waals surface area contributed by atoms with E-state index in [-0.39, 0.29) is 11.2 Å². The Kier molecular flexibility index (Phi) is 5.08. The zero-order valence-electron chi connectivity index (χ0n) is 13.8. The molecule has 0 unspecified atom stereocenters. The van der Waals surface area contributed by atoms with Gasteiger partial charge in [0.1, 0.15) is 11.2 Å². The zero-order chi connectivity index (χ0) is 14.8. The van der Waals surface area contributed by atoms with Gasteiger partial charge in [-0.3, -0.25) is 0 Å². The van der Waals surface area contributed by atoms with Gasteiger partial charge in [0.15, 0.2) is 0 Å². The summed E-state index contributed by atoms with van der Waals surface area (Å²) in [5.41, 5.74) is -1.35. The quantitative estimate of drug-likeness (QED) is 0.688. The van der Waals surface area contributed by atoms with Crippen LogP contribution in [0.15, 0.2) is 0 Å². The minimum atomic E-state index is -0.475. The molecule has 0 aromatic carbocycles. The van der Waals surface area contributed by atoms with Crippen LogP contribution < -0.4 is 0 Å². The average molecular weight is 254 g/mol. The van der Waals surface area contributed by atoms with Gasteiger partial charge in [0, 0.05) is 0 Å². The monoisotopic (exact) mass is 254 g/mol. The SMILES string of the molecule is CC(C)(C)OC(C)(C)C#CC(C)(C)OC(C)(C)C. The van der Waals surface area contributed by atoms with Gasteiger partial charge in [-0.05, 0) is 69.2 Å². The molecule has 0 aliphatic heterocycles. The van der Waals surface area contributed by atoms with Crippen LogP contribution in [0.3, 0.4) is 0 Å². The molecule has 106 valence electrons. The summed E-state index contributed by atoms with van der Waals surface area (Å²) < 4.78 is 11.8. The normalized spacial score (nSPS) is 14.1. The Bertz CT molecular complexity index is 295. The van der Waals surface area contributed by atoms with Crippen LogP contribution in [0, 0.1) is 11.8 Å². The molecule has 0 heterocycles. The first-order valence-corrected chi connectivity index (χ1v) is 6.57. The number of rotatable bonds is 2. The minimum Gasteiger partial charge on any atom is -0.357 e. The van der Waals surface area contributed by atoms with E-state index in [4.69, 9.17) is 9.47 Å². The largest absolute Gasteiger partial charge is 0.357 e. The molecule has 2 nitrogen and oxygen atoms in total. The lowest BCUT2D eigenvalue weighted by Gasteiger charge is -2.32. The van der Waals surface area contributed by atoms with Crippen LogP contribution in [0.25, 0.3) is 0 Å². The maximum absolute atomic E-state index is 5.92. The molecule has 0 radical (unpaired) electrons. The third-order valence-corrected chi connectivity index (χ3v) is 1.79. The Labute approximate surface area is 113 Å². The van der Waals surface area contributed by atoms with E-state index in [1.807, 2.05) is 69.2 Å². The maximum atomic E-state index is 5.92. The summed E-state index contributed by atoms with van der Waals surface area (Å²) in [4.78, 5) is 0. The Morgan fingerprint density at radius 3 is 0.889 bits per heavy atom. The van der Waals surface area contributed by atoms with Crippen LogP contribution >= 0.6 is 0 Å². The van der Waals surface area contributed by atoms with Crippen molar-refractivity contribution in [3.8, 4) is 11.8 Å². The Hall–Kier alpha value is -0.520. The molecule has 0 saturated carbocycles. The summed E-state index contributed by atoms with van der Waals surface area (Å²) in [6, 6.07) is 0. The van der Waals surface area contributed by atoms with Crippen molar-refractivity contribution in [2.24, 2.45) is 0 Å². The van der Waals surface area contributed by atoms with Crippen LogP contribution in [-0.2, 0) is 9.47 Å². The summed E-state index contributed by atoms with van der Waals surface area (Å²) in [6.45, 7) is 20.1. The van der Waals surface area contributed by atoms with Gasteiger partial charge in [-0.15, -0.1) is 0 Å². The third kappa shape index (κ3) is 9.50. The Balaban J connectivity index is 4.84. The van der Waals surface area contributed by atoms with Crippen molar-refractivity contribution in [1.82, 2.24) is 0 Å². The van der Waals surface area contributed by atoms with E-state index >= 15 is 0 Å². The molecule has 2 heteroatoms. The van der Waals surface area contributed by atoms with Crippen LogP contribution in [0.5, 0.6) is 0 Å². The van der Waals surface area contributed by atoms with Crippen LogP contribution in [0.1, 0.15) is 69.2 Å². The van der Waals surface area contributed by atoms with Gasteiger partial charge in [0.05, 0.1) is 11.2 Å². The summed E-state index contributed by atoms with van der Waals surface area (Å²) in [5.74, 6) is 6.36. The molecular formula is C16H30O2. The second kappa shape index (κ2) is 5.23. The lowest BCUT2D eigenvalue weighted by Crippen LogP contribution is -2.36. The first kappa shape index (κ1) is 17.5. The van der Waals surface area contributed by atoms with Crippen molar-refractivity contribution in [3.63, 3.8) is 0 Å². The highest BCUT2D eigenvalue weighted by Gasteiger charge is 2.27. The van der Waals surface area contributed by atoms with Crippen molar-refractivity contribution in [2.45, 2.75) is 91.6 Å². The van der Waals surface area contributed by atoms with E-state index in [1.165, 1.54) is 0 Å². The van der Waals surface area contributed by atoms with E-state index in [9.17, 15) is 0 Å². The van der Waals surface area contributed by atoms with Crippen molar-refractivity contribution in [3.05, 3.63) is 0 Å². The van der Waals surface area contributed by atoms with E-state index in [2.05, 4.69) is 11.8 Å². The molecule has 0 spiro atoms. The van der Waals surface area contributed by atoms with Gasteiger partial charge in [0.25, 0.3) is 0 Å². The second-order valence-corrected chi connectivity index (χ2v) is 7.70. The molecule has 0 fully saturated rings. The Morgan fingerprint density at radius 1 is 0.500 bits per heavy atom. The fraction of sp³-hybridized carbons (Fsp3) is 0.875. The van der Waals surface area contributed by atoms with Crippen LogP contribution in [0.2, 0.25) is 0 Å². The number of hydrogen-bond acceptors (Lipinski definition) is 2. The highest BCUT2D eigenvalue weighted by Crippen LogP contribution is 2.22. The topological polar surface area (TPSA) is 18.5 Å². The molecular weight excluding hydrogens is 224 g/mol. The number of ether oxygens (including phenoxy) is 2. The highest BCUT2D eigenvalue weighted by atomic mass is 16.5. The third-order valence-electron chi connectivity index (χ3n) is 1.79. The summed E-state index contributed by atoms with van der Waals surface area (Å²) >= 11 is 0. The first-order valence-electron chi connectivity index (χ1n) is 6.57. The van der Waals surface area contributed by atoms with Gasteiger partial charge >= 0.3 is 0 Å². The minimum absolute atomic E-state index is 0.201. The van der Waals surface area contributed by atoms with Crippen molar-refractivity contribution in [2.75, 3.05) is 0 Å². The van der Waals surface area contributed by atoms with E-state index in [0.29, 0.717) is 0 Å². The van der Waals surface area contributed by atoms with Gasteiger partial charge in [-0.1, -0.05) is 11.8 Å². The van der Waals surface area contributed by atoms with Crippen LogP contribution in [0.4, 0.5) is 0 Å². The molecule has 0 atom stereocenters. The van der Waals surface area contributed by atoms with Crippen molar-refractivity contribution >= 4 is 0 Å². The molecule has 0 rings (SSSR count).